The summed E-state index contributed by atoms with van der Waals surface area (Å²) in [6.07, 6.45) is 60.6. The summed E-state index contributed by atoms with van der Waals surface area (Å²) in [6.45, 7) is 7.06. The Kier molecular flexibility index (Phi) is 52.2. The number of phosphoric ester groups is 1. The Morgan fingerprint density at radius 1 is 0.472 bits per heavy atom. The average Bonchev–Trinajstić information content (AvgIpc) is 3.34. The lowest BCUT2D eigenvalue weighted by Gasteiger charge is -2.27. The highest BCUT2D eigenvalue weighted by molar-refractivity contribution is 7.47. The maximum atomic E-state index is 13.5. The summed E-state index contributed by atoms with van der Waals surface area (Å²) in [4.78, 5) is 37.7. The molecule has 0 aromatic rings. The summed E-state index contributed by atoms with van der Waals surface area (Å²) >= 11 is 0. The molecule has 0 radical (unpaired) electrons. The molecule has 2 N–H and O–H groups in total. The molecule has 3 atom stereocenters. The van der Waals surface area contributed by atoms with E-state index in [2.05, 4.69) is 26.1 Å². The number of allylic oxidation sites excluding steroid dienone is 1. The number of nitrogens with one attached hydrogen (secondary N) is 1. The van der Waals surface area contributed by atoms with Crippen LogP contribution >= 0.6 is 7.82 Å². The van der Waals surface area contributed by atoms with Crippen molar-refractivity contribution in [3.05, 3.63) is 12.2 Å². The summed E-state index contributed by atoms with van der Waals surface area (Å²) in [7, 11) is 1.52. The van der Waals surface area contributed by atoms with E-state index in [1.165, 1.54) is 231 Å². The number of nitrogens with zero attached hydrogens (tertiary/aromatic N) is 1. The fraction of sp³-hybridized carbons (Fsp3) is 0.935. The van der Waals surface area contributed by atoms with E-state index in [-0.39, 0.29) is 25.1 Å². The van der Waals surface area contributed by atoms with Crippen LogP contribution in [-0.4, -0.2) is 74.3 Å². The van der Waals surface area contributed by atoms with Crippen LogP contribution < -0.4 is 5.32 Å². The van der Waals surface area contributed by atoms with E-state index in [0.29, 0.717) is 23.9 Å². The number of esters is 1. The van der Waals surface area contributed by atoms with Crippen LogP contribution in [0.3, 0.4) is 0 Å². The van der Waals surface area contributed by atoms with Gasteiger partial charge in [-0.25, -0.2) is 4.57 Å². The minimum atomic E-state index is -4.44. The molecule has 0 heterocycles. The van der Waals surface area contributed by atoms with Gasteiger partial charge in [0.05, 0.1) is 33.8 Å². The highest BCUT2D eigenvalue weighted by Gasteiger charge is 2.30. The topological polar surface area (TPSA) is 111 Å². The number of hydrogen-bond acceptors (Lipinski definition) is 6. The van der Waals surface area contributed by atoms with Gasteiger partial charge >= 0.3 is 13.8 Å². The summed E-state index contributed by atoms with van der Waals surface area (Å²) in [6, 6.07) is -0.838. The first-order valence-corrected chi connectivity index (χ1v) is 33.0. The molecule has 9 nitrogen and oxygen atoms in total. The van der Waals surface area contributed by atoms with Gasteiger partial charge in [0.1, 0.15) is 19.3 Å². The van der Waals surface area contributed by atoms with Crippen molar-refractivity contribution in [3.8, 4) is 0 Å². The molecular weight excluding hydrogens is 916 g/mol. The number of unbranched alkanes of at least 4 members (excludes halogenated alkanes) is 42. The number of ether oxygens (including phenoxy) is 1. The number of rotatable bonds is 58. The van der Waals surface area contributed by atoms with Gasteiger partial charge in [0, 0.05) is 12.8 Å². The molecule has 0 saturated heterocycles. The van der Waals surface area contributed by atoms with Crippen molar-refractivity contribution < 1.29 is 37.3 Å². The Balaban J connectivity index is 5.14. The second-order valence-corrected chi connectivity index (χ2v) is 24.4. The van der Waals surface area contributed by atoms with Gasteiger partial charge < -0.3 is 19.4 Å². The SMILES string of the molecule is CCCCCCCCCCCC/C=C\C(OC(=O)CCCCCCCCCCCCCCCCCCCCCCC)C(COP(=O)(O)OCC[N+](C)(C)C)NC(=O)CCCCCCCCCCCCCCC. The normalized spacial score (nSPS) is 13.7. The molecule has 0 aliphatic heterocycles. The molecule has 72 heavy (non-hydrogen) atoms. The van der Waals surface area contributed by atoms with Crippen molar-refractivity contribution in [2.75, 3.05) is 40.9 Å². The van der Waals surface area contributed by atoms with Crippen LogP contribution in [-0.2, 0) is 27.9 Å². The second-order valence-electron chi connectivity index (χ2n) is 23.0. The standard InChI is InChI=1S/C62H123N2O7P/c1-7-10-13-16-19-22-25-28-29-30-31-32-33-34-35-37-40-43-46-49-52-55-62(66)71-60(53-50-47-44-41-38-27-24-21-18-15-12-9-3)59(58-70-72(67,68)69-57-56-64(4,5)6)63-61(65)54-51-48-45-42-39-36-26-23-20-17-14-11-8-2/h50,53,59-60H,7-49,51-52,54-58H2,1-6H3,(H-,63,65,67,68)/p+1/b53-50-. The number of carbonyl (C=O) groups excluding carboxylic acids is 2. The summed E-state index contributed by atoms with van der Waals surface area (Å²) in [5, 5.41) is 3.06. The van der Waals surface area contributed by atoms with Gasteiger partial charge in [-0.2, -0.15) is 0 Å². The molecule has 10 heteroatoms. The van der Waals surface area contributed by atoms with Crippen molar-refractivity contribution in [2.45, 2.75) is 335 Å². The van der Waals surface area contributed by atoms with Crippen LogP contribution in [0.4, 0.5) is 0 Å². The molecule has 1 amide bonds. The second kappa shape index (κ2) is 53.2. The quantitative estimate of drug-likeness (QED) is 0.0205. The predicted molar refractivity (Wildman–Crippen MR) is 310 cm³/mol. The van der Waals surface area contributed by atoms with E-state index < -0.39 is 20.0 Å². The van der Waals surface area contributed by atoms with Crippen LogP contribution in [0.5, 0.6) is 0 Å². The van der Waals surface area contributed by atoms with E-state index >= 15 is 0 Å². The third kappa shape index (κ3) is 53.6. The van der Waals surface area contributed by atoms with Gasteiger partial charge in [-0.15, -0.1) is 0 Å². The van der Waals surface area contributed by atoms with Gasteiger partial charge in [0.15, 0.2) is 0 Å². The van der Waals surface area contributed by atoms with Crippen molar-refractivity contribution in [1.82, 2.24) is 5.32 Å². The van der Waals surface area contributed by atoms with E-state index in [1.807, 2.05) is 33.3 Å². The molecule has 0 rings (SSSR count). The minimum Gasteiger partial charge on any atom is -0.456 e. The van der Waals surface area contributed by atoms with Crippen LogP contribution in [0.25, 0.3) is 0 Å². The number of likely N-dealkylation sites (N-methyl/N-ethyl adjacent to an activating group) is 1. The molecule has 0 aromatic heterocycles. The Bertz CT molecular complexity index is 1240. The number of hydrogen-bond donors (Lipinski definition) is 2. The van der Waals surface area contributed by atoms with Crippen LogP contribution in [0.1, 0.15) is 323 Å². The maximum absolute atomic E-state index is 13.5. The molecule has 0 aromatic carbocycles. The fourth-order valence-corrected chi connectivity index (χ4v) is 10.3. The van der Waals surface area contributed by atoms with Crippen molar-refractivity contribution in [2.24, 2.45) is 0 Å². The smallest absolute Gasteiger partial charge is 0.456 e. The summed E-state index contributed by atoms with van der Waals surface area (Å²) < 4.78 is 30.7. The first-order valence-electron chi connectivity index (χ1n) is 31.5. The molecule has 0 fully saturated rings. The van der Waals surface area contributed by atoms with E-state index in [1.54, 1.807) is 0 Å². The zero-order valence-corrected chi connectivity index (χ0v) is 49.9. The van der Waals surface area contributed by atoms with Gasteiger partial charge in [-0.1, -0.05) is 290 Å². The first kappa shape index (κ1) is 70.8. The Labute approximate surface area is 448 Å². The molecule has 0 bridgehead atoms. The Morgan fingerprint density at radius 2 is 0.792 bits per heavy atom. The molecule has 0 aliphatic carbocycles. The maximum Gasteiger partial charge on any atom is 0.472 e. The van der Waals surface area contributed by atoms with E-state index in [4.69, 9.17) is 13.8 Å². The largest absolute Gasteiger partial charge is 0.472 e. The third-order valence-electron chi connectivity index (χ3n) is 14.5. The van der Waals surface area contributed by atoms with Gasteiger partial charge in [0.2, 0.25) is 5.91 Å². The zero-order valence-electron chi connectivity index (χ0n) is 49.0. The predicted octanol–water partition coefficient (Wildman–Crippen LogP) is 19.2. The highest BCUT2D eigenvalue weighted by Crippen LogP contribution is 2.43. The van der Waals surface area contributed by atoms with E-state index in [0.717, 1.165) is 57.8 Å². The lowest BCUT2D eigenvalue weighted by molar-refractivity contribution is -0.870. The highest BCUT2D eigenvalue weighted by atomic mass is 31.2. The van der Waals surface area contributed by atoms with Crippen LogP contribution in [0.15, 0.2) is 12.2 Å². The number of carbonyl (C=O) groups is 2. The van der Waals surface area contributed by atoms with Crippen molar-refractivity contribution in [3.63, 3.8) is 0 Å². The first-order chi connectivity index (χ1) is 34.9. The Hall–Kier alpha value is -1.25. The van der Waals surface area contributed by atoms with Gasteiger partial charge in [0.25, 0.3) is 0 Å². The zero-order chi connectivity index (χ0) is 52.9. The van der Waals surface area contributed by atoms with E-state index in [9.17, 15) is 19.0 Å². The number of quaternary nitrogens is 1. The molecule has 0 aliphatic rings. The van der Waals surface area contributed by atoms with Gasteiger partial charge in [-0.05, 0) is 31.8 Å². The third-order valence-corrected chi connectivity index (χ3v) is 15.5. The Morgan fingerprint density at radius 3 is 1.14 bits per heavy atom. The lowest BCUT2D eigenvalue weighted by atomic mass is 10.0. The molecule has 3 unspecified atom stereocenters. The van der Waals surface area contributed by atoms with Crippen LogP contribution in [0, 0.1) is 0 Å². The molecule has 0 spiro atoms. The minimum absolute atomic E-state index is 0.0457. The monoisotopic (exact) mass is 1040 g/mol. The fourth-order valence-electron chi connectivity index (χ4n) is 9.59. The molecular formula is C62H124N2O7P+. The average molecular weight is 1040 g/mol. The summed E-state index contributed by atoms with van der Waals surface area (Å²) in [5.74, 6) is -0.484. The summed E-state index contributed by atoms with van der Waals surface area (Å²) in [5.41, 5.74) is 0. The van der Waals surface area contributed by atoms with Crippen molar-refractivity contribution in [1.29, 1.82) is 0 Å². The number of amides is 1. The van der Waals surface area contributed by atoms with Crippen LogP contribution in [0.2, 0.25) is 0 Å². The van der Waals surface area contributed by atoms with Crippen molar-refractivity contribution >= 4 is 19.7 Å². The lowest BCUT2D eigenvalue weighted by Crippen LogP contribution is -2.47. The molecule has 428 valence electrons. The van der Waals surface area contributed by atoms with Gasteiger partial charge in [-0.3, -0.25) is 18.6 Å². The number of phosphoric acid groups is 1. The molecule has 0 saturated carbocycles.